The Bertz CT molecular complexity index is 531. The van der Waals surface area contributed by atoms with E-state index in [1.807, 2.05) is 11.3 Å². The highest BCUT2D eigenvalue weighted by Crippen LogP contribution is 2.39. The van der Waals surface area contributed by atoms with Gasteiger partial charge in [0.1, 0.15) is 0 Å². The van der Waals surface area contributed by atoms with Gasteiger partial charge in [-0.15, -0.1) is 11.3 Å². The van der Waals surface area contributed by atoms with E-state index in [2.05, 4.69) is 54.0 Å². The van der Waals surface area contributed by atoms with Gasteiger partial charge in [-0.2, -0.15) is 0 Å². The largest absolute Gasteiger partial charge is 0.312 e. The molecule has 1 aromatic carbocycles. The van der Waals surface area contributed by atoms with Crippen LogP contribution in [-0.2, 0) is 13.0 Å². The second kappa shape index (κ2) is 6.55. The maximum absolute atomic E-state index is 3.63. The van der Waals surface area contributed by atoms with E-state index in [0.29, 0.717) is 5.92 Å². The van der Waals surface area contributed by atoms with E-state index >= 15 is 0 Å². The van der Waals surface area contributed by atoms with Gasteiger partial charge in [0.15, 0.2) is 0 Å². The second-order valence-electron chi connectivity index (χ2n) is 5.89. The van der Waals surface area contributed by atoms with Crippen molar-refractivity contribution in [1.82, 2.24) is 5.32 Å². The van der Waals surface area contributed by atoms with Gasteiger partial charge >= 0.3 is 0 Å². The summed E-state index contributed by atoms with van der Waals surface area (Å²) in [7, 11) is 0. The fourth-order valence-electron chi connectivity index (χ4n) is 3.30. The molecule has 1 N–H and O–H groups in total. The van der Waals surface area contributed by atoms with E-state index in [4.69, 9.17) is 0 Å². The molecule has 2 atom stereocenters. The molecule has 0 aliphatic heterocycles. The van der Waals surface area contributed by atoms with E-state index in [0.717, 1.165) is 19.0 Å². The van der Waals surface area contributed by atoms with Crippen LogP contribution in [0.1, 0.15) is 41.7 Å². The molecular formula is C18H23NS. The average Bonchev–Trinajstić information content (AvgIpc) is 2.96. The molecule has 1 heterocycles. The normalized spacial score (nSPS) is 19.6. The molecule has 0 bridgehead atoms. The van der Waals surface area contributed by atoms with E-state index in [9.17, 15) is 0 Å². The minimum Gasteiger partial charge on any atom is -0.312 e. The summed E-state index contributed by atoms with van der Waals surface area (Å²) in [5.41, 5.74) is 3.01. The zero-order valence-electron chi connectivity index (χ0n) is 12.1. The molecule has 0 saturated heterocycles. The first-order chi connectivity index (χ1) is 9.84. The molecule has 20 heavy (non-hydrogen) atoms. The van der Waals surface area contributed by atoms with Crippen LogP contribution in [0.4, 0.5) is 0 Å². The van der Waals surface area contributed by atoms with Crippen LogP contribution in [0.5, 0.6) is 0 Å². The maximum atomic E-state index is 3.63. The van der Waals surface area contributed by atoms with Crippen molar-refractivity contribution in [2.45, 2.75) is 38.6 Å². The van der Waals surface area contributed by atoms with Gasteiger partial charge < -0.3 is 5.32 Å². The van der Waals surface area contributed by atoms with Crippen molar-refractivity contribution in [2.24, 2.45) is 5.92 Å². The van der Waals surface area contributed by atoms with Gasteiger partial charge in [-0.1, -0.05) is 37.3 Å². The quantitative estimate of drug-likeness (QED) is 0.847. The number of nitrogens with one attached hydrogen (secondary N) is 1. The van der Waals surface area contributed by atoms with Gasteiger partial charge in [0.2, 0.25) is 0 Å². The molecule has 0 amide bonds. The van der Waals surface area contributed by atoms with Crippen molar-refractivity contribution < 1.29 is 0 Å². The SMILES string of the molecule is CC(CNCc1ccccc1)C1CCCc2sccc21. The van der Waals surface area contributed by atoms with Gasteiger partial charge in [-0.05, 0) is 60.2 Å². The highest BCUT2D eigenvalue weighted by Gasteiger charge is 2.25. The molecule has 106 valence electrons. The summed E-state index contributed by atoms with van der Waals surface area (Å²) >= 11 is 1.95. The fraction of sp³-hybridized carbons (Fsp3) is 0.444. The number of thiophene rings is 1. The predicted molar refractivity (Wildman–Crippen MR) is 87.3 cm³/mol. The number of hydrogen-bond donors (Lipinski definition) is 1. The number of hydrogen-bond acceptors (Lipinski definition) is 2. The number of fused-ring (bicyclic) bond motifs is 1. The van der Waals surface area contributed by atoms with Gasteiger partial charge in [0, 0.05) is 11.4 Å². The van der Waals surface area contributed by atoms with Crippen LogP contribution in [0.25, 0.3) is 0 Å². The Morgan fingerprint density at radius 2 is 2.10 bits per heavy atom. The van der Waals surface area contributed by atoms with Gasteiger partial charge in [-0.3, -0.25) is 0 Å². The lowest BCUT2D eigenvalue weighted by Crippen LogP contribution is -2.26. The van der Waals surface area contributed by atoms with Crippen LogP contribution in [-0.4, -0.2) is 6.54 Å². The highest BCUT2D eigenvalue weighted by molar-refractivity contribution is 7.10. The zero-order chi connectivity index (χ0) is 13.8. The maximum Gasteiger partial charge on any atom is 0.0205 e. The Morgan fingerprint density at radius 3 is 2.95 bits per heavy atom. The summed E-state index contributed by atoms with van der Waals surface area (Å²) in [6.07, 6.45) is 4.02. The molecule has 1 aliphatic rings. The van der Waals surface area contributed by atoms with E-state index in [-0.39, 0.29) is 0 Å². The molecular weight excluding hydrogens is 262 g/mol. The standard InChI is InChI=1S/C18H23NS/c1-14(12-19-13-15-6-3-2-4-7-15)16-8-5-9-18-17(16)10-11-20-18/h2-4,6-7,10-11,14,16,19H,5,8-9,12-13H2,1H3. The summed E-state index contributed by atoms with van der Waals surface area (Å²) in [5.74, 6) is 1.47. The Kier molecular flexibility index (Phi) is 4.54. The number of benzene rings is 1. The van der Waals surface area contributed by atoms with E-state index in [1.54, 1.807) is 10.4 Å². The second-order valence-corrected chi connectivity index (χ2v) is 6.89. The zero-order valence-corrected chi connectivity index (χ0v) is 13.0. The molecule has 1 nitrogen and oxygen atoms in total. The van der Waals surface area contributed by atoms with Crippen LogP contribution in [0.3, 0.4) is 0 Å². The first kappa shape index (κ1) is 13.8. The van der Waals surface area contributed by atoms with Gasteiger partial charge in [-0.25, -0.2) is 0 Å². The lowest BCUT2D eigenvalue weighted by atomic mass is 9.79. The highest BCUT2D eigenvalue weighted by atomic mass is 32.1. The number of aryl methyl sites for hydroxylation is 1. The third-order valence-electron chi connectivity index (χ3n) is 4.42. The van der Waals surface area contributed by atoms with Crippen molar-refractivity contribution in [3.63, 3.8) is 0 Å². The third-order valence-corrected chi connectivity index (χ3v) is 5.42. The van der Waals surface area contributed by atoms with Crippen LogP contribution in [0.15, 0.2) is 41.8 Å². The minimum absolute atomic E-state index is 0.715. The number of rotatable bonds is 5. The predicted octanol–water partition coefficient (Wildman–Crippen LogP) is 4.59. The molecule has 0 spiro atoms. The summed E-state index contributed by atoms with van der Waals surface area (Å²) in [6.45, 7) is 4.48. The Morgan fingerprint density at radius 1 is 1.25 bits per heavy atom. The van der Waals surface area contributed by atoms with Crippen molar-refractivity contribution in [3.05, 3.63) is 57.8 Å². The summed E-state index contributed by atoms with van der Waals surface area (Å²) in [6, 6.07) is 13.0. The van der Waals surface area contributed by atoms with Crippen molar-refractivity contribution >= 4 is 11.3 Å². The molecule has 2 aromatic rings. The first-order valence-electron chi connectivity index (χ1n) is 7.65. The van der Waals surface area contributed by atoms with Crippen molar-refractivity contribution in [1.29, 1.82) is 0 Å². The van der Waals surface area contributed by atoms with Crippen molar-refractivity contribution in [3.8, 4) is 0 Å². The monoisotopic (exact) mass is 285 g/mol. The van der Waals surface area contributed by atoms with Gasteiger partial charge in [0.25, 0.3) is 0 Å². The summed E-state index contributed by atoms with van der Waals surface area (Å²) in [5, 5.41) is 5.90. The molecule has 0 saturated carbocycles. The minimum atomic E-state index is 0.715. The molecule has 0 fully saturated rings. The van der Waals surface area contributed by atoms with Crippen LogP contribution < -0.4 is 5.32 Å². The molecule has 0 radical (unpaired) electrons. The van der Waals surface area contributed by atoms with Gasteiger partial charge in [0.05, 0.1) is 0 Å². The van der Waals surface area contributed by atoms with Crippen LogP contribution in [0.2, 0.25) is 0 Å². The lowest BCUT2D eigenvalue weighted by molar-refractivity contribution is 0.387. The first-order valence-corrected chi connectivity index (χ1v) is 8.53. The fourth-order valence-corrected chi connectivity index (χ4v) is 4.29. The lowest BCUT2D eigenvalue weighted by Gasteiger charge is -2.28. The summed E-state index contributed by atoms with van der Waals surface area (Å²) < 4.78 is 0. The summed E-state index contributed by atoms with van der Waals surface area (Å²) in [4.78, 5) is 1.64. The molecule has 1 aliphatic carbocycles. The van der Waals surface area contributed by atoms with E-state index < -0.39 is 0 Å². The molecule has 2 heteroatoms. The third kappa shape index (κ3) is 3.13. The Labute approximate surface area is 126 Å². The van der Waals surface area contributed by atoms with Crippen molar-refractivity contribution in [2.75, 3.05) is 6.54 Å². The molecule has 2 unspecified atom stereocenters. The average molecular weight is 285 g/mol. The van der Waals surface area contributed by atoms with Crippen LogP contribution in [0, 0.1) is 5.92 Å². The smallest absolute Gasteiger partial charge is 0.0205 e. The Hall–Kier alpha value is -1.12. The van der Waals surface area contributed by atoms with Crippen LogP contribution >= 0.6 is 11.3 Å². The topological polar surface area (TPSA) is 12.0 Å². The van der Waals surface area contributed by atoms with E-state index in [1.165, 1.54) is 24.8 Å². The Balaban J connectivity index is 1.54. The molecule has 3 rings (SSSR count). The molecule has 1 aromatic heterocycles.